The standard InChI is InChI=1S/C19H19F2N3O4/c20-19(21)28-17-7-3-2-6-14(17)22-18(25)13-8-9-15(16(12-13)24(26)27)23-10-4-1-5-11-23/h2-3,6-9,12,19H,1,4-5,10-11H2,(H,22,25). The van der Waals surface area contributed by atoms with Gasteiger partial charge >= 0.3 is 6.61 Å². The maximum Gasteiger partial charge on any atom is 0.387 e. The third-order valence-corrected chi connectivity index (χ3v) is 4.48. The zero-order chi connectivity index (χ0) is 20.1. The minimum Gasteiger partial charge on any atom is -0.433 e. The van der Waals surface area contributed by atoms with Crippen LogP contribution in [0.5, 0.6) is 5.75 Å². The van der Waals surface area contributed by atoms with Crippen molar-refractivity contribution in [2.75, 3.05) is 23.3 Å². The number of anilines is 2. The van der Waals surface area contributed by atoms with E-state index in [2.05, 4.69) is 10.1 Å². The van der Waals surface area contributed by atoms with Crippen LogP contribution in [0.1, 0.15) is 29.6 Å². The van der Waals surface area contributed by atoms with E-state index in [9.17, 15) is 23.7 Å². The molecule has 0 unspecified atom stereocenters. The van der Waals surface area contributed by atoms with Crippen LogP contribution in [0.15, 0.2) is 42.5 Å². The van der Waals surface area contributed by atoms with Crippen LogP contribution in [0.3, 0.4) is 0 Å². The predicted molar refractivity (Wildman–Crippen MR) is 100 cm³/mol. The maximum absolute atomic E-state index is 12.5. The Labute approximate surface area is 160 Å². The SMILES string of the molecule is O=C(Nc1ccccc1OC(F)F)c1ccc(N2CCCCC2)c([N+](=O)[O-])c1. The molecule has 1 aliphatic heterocycles. The summed E-state index contributed by atoms with van der Waals surface area (Å²) in [7, 11) is 0. The van der Waals surface area contributed by atoms with Crippen LogP contribution in [0, 0.1) is 10.1 Å². The van der Waals surface area contributed by atoms with Gasteiger partial charge in [0.15, 0.2) is 0 Å². The van der Waals surface area contributed by atoms with Crippen molar-refractivity contribution in [3.63, 3.8) is 0 Å². The first-order valence-corrected chi connectivity index (χ1v) is 8.84. The van der Waals surface area contributed by atoms with Crippen molar-refractivity contribution < 1.29 is 23.2 Å². The summed E-state index contributed by atoms with van der Waals surface area (Å²) in [6.07, 6.45) is 3.01. The molecule has 3 rings (SSSR count). The summed E-state index contributed by atoms with van der Waals surface area (Å²) in [6, 6.07) is 10.00. The summed E-state index contributed by atoms with van der Waals surface area (Å²) in [5.41, 5.74) is 0.421. The number of amides is 1. The van der Waals surface area contributed by atoms with Gasteiger partial charge in [0.25, 0.3) is 11.6 Å². The van der Waals surface area contributed by atoms with Gasteiger partial charge in [0.05, 0.1) is 10.6 Å². The number of piperidine rings is 1. The third kappa shape index (κ3) is 4.54. The summed E-state index contributed by atoms with van der Waals surface area (Å²) in [6.45, 7) is -1.59. The second-order valence-corrected chi connectivity index (χ2v) is 6.34. The Morgan fingerprint density at radius 3 is 2.54 bits per heavy atom. The van der Waals surface area contributed by atoms with Crippen molar-refractivity contribution in [2.45, 2.75) is 25.9 Å². The lowest BCUT2D eigenvalue weighted by Crippen LogP contribution is -2.30. The topological polar surface area (TPSA) is 84.7 Å². The van der Waals surface area contributed by atoms with Crippen LogP contribution in [-0.4, -0.2) is 30.5 Å². The molecule has 1 heterocycles. The number of ether oxygens (including phenoxy) is 1. The van der Waals surface area contributed by atoms with Gasteiger partial charge < -0.3 is 15.0 Å². The van der Waals surface area contributed by atoms with Crippen molar-refractivity contribution >= 4 is 23.0 Å². The Hall–Kier alpha value is -3.23. The molecule has 2 aromatic rings. The van der Waals surface area contributed by atoms with Crippen LogP contribution in [0.4, 0.5) is 25.8 Å². The van der Waals surface area contributed by atoms with Crippen LogP contribution >= 0.6 is 0 Å². The molecule has 0 bridgehead atoms. The fourth-order valence-corrected chi connectivity index (χ4v) is 3.18. The van der Waals surface area contributed by atoms with E-state index in [0.717, 1.165) is 32.4 Å². The Morgan fingerprint density at radius 2 is 1.86 bits per heavy atom. The van der Waals surface area contributed by atoms with Crippen LogP contribution in [-0.2, 0) is 0 Å². The number of nitrogens with zero attached hydrogens (tertiary/aromatic N) is 2. The summed E-state index contributed by atoms with van der Waals surface area (Å²) >= 11 is 0. The van der Waals surface area contributed by atoms with E-state index in [-0.39, 0.29) is 22.7 Å². The number of hydrogen-bond donors (Lipinski definition) is 1. The smallest absolute Gasteiger partial charge is 0.387 e. The lowest BCUT2D eigenvalue weighted by atomic mass is 10.1. The molecule has 1 aliphatic rings. The van der Waals surface area contributed by atoms with Crippen molar-refractivity contribution in [3.8, 4) is 5.75 Å². The number of carbonyl (C=O) groups is 1. The van der Waals surface area contributed by atoms with E-state index in [1.54, 1.807) is 12.1 Å². The van der Waals surface area contributed by atoms with Crippen LogP contribution in [0.2, 0.25) is 0 Å². The number of nitro benzene ring substituents is 1. The number of hydrogen-bond acceptors (Lipinski definition) is 5. The fraction of sp³-hybridized carbons (Fsp3) is 0.316. The normalized spacial score (nSPS) is 14.0. The second-order valence-electron chi connectivity index (χ2n) is 6.34. The quantitative estimate of drug-likeness (QED) is 0.581. The molecule has 28 heavy (non-hydrogen) atoms. The highest BCUT2D eigenvalue weighted by atomic mass is 19.3. The summed E-state index contributed by atoms with van der Waals surface area (Å²) in [5, 5.41) is 14.0. The van der Waals surface area contributed by atoms with E-state index >= 15 is 0 Å². The largest absolute Gasteiger partial charge is 0.433 e. The number of benzene rings is 2. The lowest BCUT2D eigenvalue weighted by Gasteiger charge is -2.28. The van der Waals surface area contributed by atoms with Crippen molar-refractivity contribution in [3.05, 3.63) is 58.1 Å². The molecule has 1 amide bonds. The molecule has 0 saturated carbocycles. The molecule has 0 atom stereocenters. The van der Waals surface area contributed by atoms with Gasteiger partial charge in [-0.25, -0.2) is 0 Å². The molecule has 2 aromatic carbocycles. The molecule has 0 aliphatic carbocycles. The average Bonchev–Trinajstić information content (AvgIpc) is 2.69. The zero-order valence-corrected chi connectivity index (χ0v) is 14.9. The zero-order valence-electron chi connectivity index (χ0n) is 14.9. The Balaban J connectivity index is 1.84. The summed E-state index contributed by atoms with van der Waals surface area (Å²) in [4.78, 5) is 25.5. The molecular formula is C19H19F2N3O4. The van der Waals surface area contributed by atoms with E-state index < -0.39 is 17.4 Å². The Morgan fingerprint density at radius 1 is 1.14 bits per heavy atom. The second kappa shape index (κ2) is 8.64. The van der Waals surface area contributed by atoms with Gasteiger partial charge in [-0.05, 0) is 43.5 Å². The minimum absolute atomic E-state index is 0.0514. The first-order valence-electron chi connectivity index (χ1n) is 8.84. The molecule has 1 fully saturated rings. The molecule has 9 heteroatoms. The number of nitrogens with one attached hydrogen (secondary N) is 1. The Kier molecular flexibility index (Phi) is 6.03. The summed E-state index contributed by atoms with van der Waals surface area (Å²) in [5.74, 6) is -0.844. The molecule has 0 spiro atoms. The van der Waals surface area contributed by atoms with Gasteiger partial charge in [-0.2, -0.15) is 8.78 Å². The number of nitro groups is 1. The average molecular weight is 391 g/mol. The van der Waals surface area contributed by atoms with E-state index in [1.165, 1.54) is 30.3 Å². The molecule has 0 aromatic heterocycles. The van der Waals surface area contributed by atoms with Gasteiger partial charge in [0.2, 0.25) is 0 Å². The molecular weight excluding hydrogens is 372 g/mol. The van der Waals surface area contributed by atoms with Gasteiger partial charge in [0.1, 0.15) is 11.4 Å². The number of carbonyl (C=O) groups excluding carboxylic acids is 1. The third-order valence-electron chi connectivity index (χ3n) is 4.48. The monoisotopic (exact) mass is 391 g/mol. The number of halogens is 2. The first kappa shape index (κ1) is 19.5. The van der Waals surface area contributed by atoms with Crippen molar-refractivity contribution in [1.29, 1.82) is 0 Å². The van der Waals surface area contributed by atoms with Gasteiger partial charge in [-0.1, -0.05) is 12.1 Å². The summed E-state index contributed by atoms with van der Waals surface area (Å²) < 4.78 is 29.4. The van der Waals surface area contributed by atoms with Crippen LogP contribution in [0.25, 0.3) is 0 Å². The fourth-order valence-electron chi connectivity index (χ4n) is 3.18. The molecule has 1 N–H and O–H groups in total. The van der Waals surface area contributed by atoms with E-state index in [1.807, 2.05) is 4.90 Å². The highest BCUT2D eigenvalue weighted by Crippen LogP contribution is 2.32. The molecule has 148 valence electrons. The highest BCUT2D eigenvalue weighted by molar-refractivity contribution is 6.05. The van der Waals surface area contributed by atoms with Crippen molar-refractivity contribution in [1.82, 2.24) is 0 Å². The molecule has 1 saturated heterocycles. The lowest BCUT2D eigenvalue weighted by molar-refractivity contribution is -0.384. The molecule has 0 radical (unpaired) electrons. The highest BCUT2D eigenvalue weighted by Gasteiger charge is 2.23. The van der Waals surface area contributed by atoms with Gasteiger partial charge in [-0.15, -0.1) is 0 Å². The Bertz CT molecular complexity index is 870. The van der Waals surface area contributed by atoms with E-state index in [4.69, 9.17) is 0 Å². The van der Waals surface area contributed by atoms with Gasteiger partial charge in [0, 0.05) is 24.7 Å². The number of para-hydroxylation sites is 2. The van der Waals surface area contributed by atoms with E-state index in [0.29, 0.717) is 5.69 Å². The van der Waals surface area contributed by atoms with Crippen molar-refractivity contribution in [2.24, 2.45) is 0 Å². The number of rotatable bonds is 6. The predicted octanol–water partition coefficient (Wildman–Crippen LogP) is 4.44. The number of alkyl halides is 2. The van der Waals surface area contributed by atoms with Gasteiger partial charge in [-0.3, -0.25) is 14.9 Å². The maximum atomic E-state index is 12.5. The van der Waals surface area contributed by atoms with Crippen LogP contribution < -0.4 is 15.0 Å². The molecule has 7 nitrogen and oxygen atoms in total. The first-order chi connectivity index (χ1) is 13.5. The minimum atomic E-state index is -3.04.